The molecule has 0 aliphatic carbocycles. The molecule has 0 fully saturated rings. The minimum atomic E-state index is 0.289. The van der Waals surface area contributed by atoms with Crippen LogP contribution in [0, 0.1) is 0 Å². The molecule has 2 N–H and O–H groups in total. The number of phenols is 1. The second kappa shape index (κ2) is 7.40. The molecular formula is C16H19NO3. The van der Waals surface area contributed by atoms with Crippen LogP contribution in [-0.4, -0.2) is 25.4 Å². The third kappa shape index (κ3) is 4.48. The summed E-state index contributed by atoms with van der Waals surface area (Å²) < 4.78 is 10.7. The molecule has 0 aliphatic heterocycles. The molecule has 0 saturated heterocycles. The van der Waals surface area contributed by atoms with Crippen LogP contribution in [0.1, 0.15) is 5.56 Å². The number of hydrogen-bond donors (Lipinski definition) is 2. The summed E-state index contributed by atoms with van der Waals surface area (Å²) in [6, 6.07) is 14.7. The second-order valence-electron chi connectivity index (χ2n) is 4.37. The molecule has 0 amide bonds. The van der Waals surface area contributed by atoms with Gasteiger partial charge in [0, 0.05) is 13.1 Å². The lowest BCUT2D eigenvalue weighted by Gasteiger charge is -2.08. The normalized spacial score (nSPS) is 10.2. The predicted molar refractivity (Wildman–Crippen MR) is 78.3 cm³/mol. The summed E-state index contributed by atoms with van der Waals surface area (Å²) in [6.45, 7) is 2.11. The first-order valence-corrected chi connectivity index (χ1v) is 6.53. The first-order chi connectivity index (χ1) is 9.78. The van der Waals surface area contributed by atoms with Gasteiger partial charge < -0.3 is 19.9 Å². The summed E-state index contributed by atoms with van der Waals surface area (Å²) in [6.07, 6.45) is 0. The number of hydrogen-bond acceptors (Lipinski definition) is 4. The molecule has 4 heteroatoms. The lowest BCUT2D eigenvalue weighted by atomic mass is 10.2. The minimum absolute atomic E-state index is 0.289. The van der Waals surface area contributed by atoms with Crippen molar-refractivity contribution < 1.29 is 14.6 Å². The summed E-state index contributed by atoms with van der Waals surface area (Å²) in [7, 11) is 1.64. The Hall–Kier alpha value is -2.20. The van der Waals surface area contributed by atoms with Gasteiger partial charge in [0.2, 0.25) is 0 Å². The van der Waals surface area contributed by atoms with Crippen molar-refractivity contribution >= 4 is 0 Å². The highest BCUT2D eigenvalue weighted by atomic mass is 16.5. The van der Waals surface area contributed by atoms with Gasteiger partial charge in [0.1, 0.15) is 23.9 Å². The molecule has 0 aliphatic rings. The Kier molecular flexibility index (Phi) is 5.26. The molecule has 4 nitrogen and oxygen atoms in total. The Bertz CT molecular complexity index is 508. The number of aromatic hydroxyl groups is 1. The van der Waals surface area contributed by atoms with Crippen LogP contribution >= 0.6 is 0 Å². The molecule has 0 unspecified atom stereocenters. The van der Waals surface area contributed by atoms with E-state index in [0.29, 0.717) is 6.61 Å². The van der Waals surface area contributed by atoms with Gasteiger partial charge in [-0.2, -0.15) is 0 Å². The molecule has 2 rings (SSSR count). The van der Waals surface area contributed by atoms with Crippen LogP contribution in [0.3, 0.4) is 0 Å². The van der Waals surface area contributed by atoms with Gasteiger partial charge in [0.15, 0.2) is 0 Å². The zero-order valence-electron chi connectivity index (χ0n) is 11.5. The van der Waals surface area contributed by atoms with E-state index in [1.807, 2.05) is 36.4 Å². The van der Waals surface area contributed by atoms with Crippen LogP contribution in [0.2, 0.25) is 0 Å². The average molecular weight is 273 g/mol. The largest absolute Gasteiger partial charge is 0.508 e. The fraction of sp³-hybridized carbons (Fsp3) is 0.250. The van der Waals surface area contributed by atoms with Crippen molar-refractivity contribution in [2.45, 2.75) is 6.54 Å². The van der Waals surface area contributed by atoms with Crippen molar-refractivity contribution in [3.05, 3.63) is 54.1 Å². The average Bonchev–Trinajstić information content (AvgIpc) is 2.49. The van der Waals surface area contributed by atoms with Crippen LogP contribution < -0.4 is 14.8 Å². The minimum Gasteiger partial charge on any atom is -0.508 e. The molecule has 106 valence electrons. The Morgan fingerprint density at radius 3 is 2.25 bits per heavy atom. The first kappa shape index (κ1) is 14.2. The molecule has 0 atom stereocenters. The highest BCUT2D eigenvalue weighted by molar-refractivity contribution is 5.31. The van der Waals surface area contributed by atoms with E-state index < -0.39 is 0 Å². The van der Waals surface area contributed by atoms with Gasteiger partial charge in [-0.1, -0.05) is 12.1 Å². The summed E-state index contributed by atoms with van der Waals surface area (Å²) >= 11 is 0. The fourth-order valence-corrected chi connectivity index (χ4v) is 1.76. The Labute approximate surface area is 119 Å². The number of rotatable bonds is 7. The van der Waals surface area contributed by atoms with Crippen molar-refractivity contribution in [1.82, 2.24) is 5.32 Å². The summed E-state index contributed by atoms with van der Waals surface area (Å²) in [5, 5.41) is 12.5. The molecule has 0 spiro atoms. The third-order valence-electron chi connectivity index (χ3n) is 2.87. The summed E-state index contributed by atoms with van der Waals surface area (Å²) in [5.74, 6) is 1.94. The molecule has 2 aromatic carbocycles. The number of ether oxygens (including phenoxy) is 2. The van der Waals surface area contributed by atoms with Gasteiger partial charge in [0.25, 0.3) is 0 Å². The maximum absolute atomic E-state index is 9.18. The van der Waals surface area contributed by atoms with Crippen molar-refractivity contribution in [3.8, 4) is 17.2 Å². The monoisotopic (exact) mass is 273 g/mol. The van der Waals surface area contributed by atoms with E-state index in [0.717, 1.165) is 30.2 Å². The van der Waals surface area contributed by atoms with Gasteiger partial charge in [-0.15, -0.1) is 0 Å². The van der Waals surface area contributed by atoms with Gasteiger partial charge >= 0.3 is 0 Å². The Morgan fingerprint density at radius 1 is 0.950 bits per heavy atom. The van der Waals surface area contributed by atoms with Crippen molar-refractivity contribution in [2.24, 2.45) is 0 Å². The van der Waals surface area contributed by atoms with Crippen LogP contribution in [-0.2, 0) is 6.54 Å². The highest BCUT2D eigenvalue weighted by Crippen LogP contribution is 2.16. The topological polar surface area (TPSA) is 50.7 Å². The molecule has 0 heterocycles. The SMILES string of the molecule is COc1ccc(OCCNCc2ccc(O)cc2)cc1. The maximum Gasteiger partial charge on any atom is 0.119 e. The van der Waals surface area contributed by atoms with Crippen molar-refractivity contribution in [1.29, 1.82) is 0 Å². The van der Waals surface area contributed by atoms with Crippen LogP contribution in [0.4, 0.5) is 0 Å². The summed E-state index contributed by atoms with van der Waals surface area (Å²) in [5.41, 5.74) is 1.13. The van der Waals surface area contributed by atoms with Gasteiger partial charge in [-0.25, -0.2) is 0 Å². The fourth-order valence-electron chi connectivity index (χ4n) is 1.76. The second-order valence-corrected chi connectivity index (χ2v) is 4.37. The summed E-state index contributed by atoms with van der Waals surface area (Å²) in [4.78, 5) is 0. The van der Waals surface area contributed by atoms with Gasteiger partial charge in [-0.3, -0.25) is 0 Å². The maximum atomic E-state index is 9.18. The number of phenolic OH excluding ortho intramolecular Hbond substituents is 1. The zero-order chi connectivity index (χ0) is 14.2. The van der Waals surface area contributed by atoms with Crippen molar-refractivity contribution in [2.75, 3.05) is 20.3 Å². The van der Waals surface area contributed by atoms with Crippen LogP contribution in [0.5, 0.6) is 17.2 Å². The number of nitrogens with one attached hydrogen (secondary N) is 1. The quantitative estimate of drug-likeness (QED) is 0.761. The highest BCUT2D eigenvalue weighted by Gasteiger charge is 1.96. The lowest BCUT2D eigenvalue weighted by Crippen LogP contribution is -2.20. The van der Waals surface area contributed by atoms with E-state index in [-0.39, 0.29) is 5.75 Å². The molecule has 0 aromatic heterocycles. The standard InChI is InChI=1S/C16H19NO3/c1-19-15-6-8-16(9-7-15)20-11-10-17-12-13-2-4-14(18)5-3-13/h2-9,17-18H,10-12H2,1H3. The third-order valence-corrected chi connectivity index (χ3v) is 2.87. The van der Waals surface area contributed by atoms with E-state index in [9.17, 15) is 5.11 Å². The van der Waals surface area contributed by atoms with Crippen LogP contribution in [0.25, 0.3) is 0 Å². The lowest BCUT2D eigenvalue weighted by molar-refractivity contribution is 0.313. The molecule has 0 radical (unpaired) electrons. The molecule has 0 saturated carbocycles. The van der Waals surface area contributed by atoms with Gasteiger partial charge in [-0.05, 0) is 42.0 Å². The van der Waals surface area contributed by atoms with E-state index >= 15 is 0 Å². The smallest absolute Gasteiger partial charge is 0.119 e. The van der Waals surface area contributed by atoms with E-state index in [4.69, 9.17) is 9.47 Å². The van der Waals surface area contributed by atoms with E-state index in [1.54, 1.807) is 19.2 Å². The number of methoxy groups -OCH3 is 1. The van der Waals surface area contributed by atoms with E-state index in [2.05, 4.69) is 5.32 Å². The predicted octanol–water partition coefficient (Wildman–Crippen LogP) is 2.57. The van der Waals surface area contributed by atoms with E-state index in [1.165, 1.54) is 0 Å². The van der Waals surface area contributed by atoms with Crippen LogP contribution in [0.15, 0.2) is 48.5 Å². The molecule has 0 bridgehead atoms. The molecular weight excluding hydrogens is 254 g/mol. The Balaban J connectivity index is 1.64. The number of benzene rings is 2. The molecule has 2 aromatic rings. The Morgan fingerprint density at radius 2 is 1.60 bits per heavy atom. The molecule has 20 heavy (non-hydrogen) atoms. The first-order valence-electron chi connectivity index (χ1n) is 6.53. The van der Waals surface area contributed by atoms with Crippen molar-refractivity contribution in [3.63, 3.8) is 0 Å². The van der Waals surface area contributed by atoms with Gasteiger partial charge in [0.05, 0.1) is 7.11 Å². The zero-order valence-corrected chi connectivity index (χ0v) is 11.5.